The number of hydrogen-bond acceptors (Lipinski definition) is 2. The Labute approximate surface area is 123 Å². The summed E-state index contributed by atoms with van der Waals surface area (Å²) in [6.45, 7) is 1.85. The molecular formula is C16H11F3N2O. The maximum absolute atomic E-state index is 12.8. The summed E-state index contributed by atoms with van der Waals surface area (Å²) in [5.74, 6) is 0.120. The highest BCUT2D eigenvalue weighted by molar-refractivity contribution is 5.80. The summed E-state index contributed by atoms with van der Waals surface area (Å²) in [4.78, 5) is 18.8. The first-order chi connectivity index (χ1) is 10.3. The van der Waals surface area contributed by atoms with Crippen LogP contribution in [-0.2, 0) is 6.18 Å². The number of rotatable bonds is 1. The van der Waals surface area contributed by atoms with Gasteiger partial charge in [-0.3, -0.25) is 4.79 Å². The van der Waals surface area contributed by atoms with E-state index in [0.29, 0.717) is 10.9 Å². The lowest BCUT2D eigenvalue weighted by molar-refractivity contribution is -0.137. The summed E-state index contributed by atoms with van der Waals surface area (Å²) in [6, 6.07) is 9.87. The van der Waals surface area contributed by atoms with Gasteiger partial charge in [0, 0.05) is 5.56 Å². The van der Waals surface area contributed by atoms with Gasteiger partial charge in [0.2, 0.25) is 0 Å². The fourth-order valence-corrected chi connectivity index (χ4v) is 2.23. The van der Waals surface area contributed by atoms with Crippen LogP contribution in [0.1, 0.15) is 11.1 Å². The molecule has 0 radical (unpaired) electrons. The number of aromatic nitrogens is 2. The lowest BCUT2D eigenvalue weighted by Gasteiger charge is -2.09. The van der Waals surface area contributed by atoms with E-state index in [-0.39, 0.29) is 16.9 Å². The lowest BCUT2D eigenvalue weighted by Crippen LogP contribution is -2.10. The zero-order valence-electron chi connectivity index (χ0n) is 11.5. The molecule has 6 heteroatoms. The molecular weight excluding hydrogens is 293 g/mol. The Balaban J connectivity index is 2.20. The third-order valence-electron chi connectivity index (χ3n) is 3.33. The molecule has 0 bridgehead atoms. The summed E-state index contributed by atoms with van der Waals surface area (Å²) < 4.78 is 38.3. The van der Waals surface area contributed by atoms with Crippen molar-refractivity contribution in [2.75, 3.05) is 0 Å². The first-order valence-corrected chi connectivity index (χ1v) is 6.53. The van der Waals surface area contributed by atoms with Crippen LogP contribution in [0.2, 0.25) is 0 Å². The van der Waals surface area contributed by atoms with Crippen molar-refractivity contribution >= 4 is 10.9 Å². The standard InChI is InChI=1S/C16H11F3N2O/c1-9-5-6-12-13(7-9)20-14(21-15(12)22)10-3-2-4-11(8-10)16(17,18)19/h2-8H,1H3,(H,20,21,22). The van der Waals surface area contributed by atoms with Gasteiger partial charge in [-0.25, -0.2) is 4.98 Å². The SMILES string of the molecule is Cc1ccc2c(=O)[nH]c(-c3cccc(C(F)(F)F)c3)nc2c1. The molecule has 1 aromatic heterocycles. The molecule has 2 aromatic carbocycles. The van der Waals surface area contributed by atoms with Crippen LogP contribution < -0.4 is 5.56 Å². The summed E-state index contributed by atoms with van der Waals surface area (Å²) in [7, 11) is 0. The molecule has 22 heavy (non-hydrogen) atoms. The van der Waals surface area contributed by atoms with Gasteiger partial charge < -0.3 is 4.98 Å². The van der Waals surface area contributed by atoms with Crippen LogP contribution in [-0.4, -0.2) is 9.97 Å². The van der Waals surface area contributed by atoms with E-state index in [1.54, 1.807) is 18.2 Å². The van der Waals surface area contributed by atoms with E-state index >= 15 is 0 Å². The largest absolute Gasteiger partial charge is 0.416 e. The fraction of sp³-hybridized carbons (Fsp3) is 0.125. The second-order valence-electron chi connectivity index (χ2n) is 5.01. The number of H-pyrrole nitrogens is 1. The smallest absolute Gasteiger partial charge is 0.306 e. The minimum absolute atomic E-state index is 0.120. The third-order valence-corrected chi connectivity index (χ3v) is 3.33. The zero-order valence-corrected chi connectivity index (χ0v) is 11.5. The number of aromatic amines is 1. The van der Waals surface area contributed by atoms with Crippen molar-refractivity contribution in [1.82, 2.24) is 9.97 Å². The summed E-state index contributed by atoms with van der Waals surface area (Å²) in [5, 5.41) is 0.404. The number of benzene rings is 2. The van der Waals surface area contributed by atoms with Crippen molar-refractivity contribution < 1.29 is 13.2 Å². The highest BCUT2D eigenvalue weighted by Crippen LogP contribution is 2.31. The van der Waals surface area contributed by atoms with Crippen LogP contribution in [0, 0.1) is 6.92 Å². The predicted octanol–water partition coefficient (Wildman–Crippen LogP) is 3.92. The van der Waals surface area contributed by atoms with Gasteiger partial charge in [-0.15, -0.1) is 0 Å². The molecule has 0 saturated carbocycles. The number of halogens is 3. The maximum atomic E-state index is 12.8. The summed E-state index contributed by atoms with van der Waals surface area (Å²) in [6.07, 6.45) is -4.44. The first kappa shape index (κ1) is 14.3. The molecule has 0 saturated heterocycles. The van der Waals surface area contributed by atoms with Gasteiger partial charge >= 0.3 is 6.18 Å². The van der Waals surface area contributed by atoms with Crippen molar-refractivity contribution in [2.24, 2.45) is 0 Å². The van der Waals surface area contributed by atoms with Gasteiger partial charge in [-0.05, 0) is 36.8 Å². The Morgan fingerprint density at radius 2 is 1.86 bits per heavy atom. The number of nitrogens with zero attached hydrogens (tertiary/aromatic N) is 1. The predicted molar refractivity (Wildman–Crippen MR) is 77.5 cm³/mol. The molecule has 0 fully saturated rings. The fourth-order valence-electron chi connectivity index (χ4n) is 2.23. The van der Waals surface area contributed by atoms with Crippen LogP contribution in [0.15, 0.2) is 47.3 Å². The average Bonchev–Trinajstić information content (AvgIpc) is 2.46. The van der Waals surface area contributed by atoms with Gasteiger partial charge in [-0.1, -0.05) is 18.2 Å². The molecule has 1 N–H and O–H groups in total. The third kappa shape index (κ3) is 2.59. The van der Waals surface area contributed by atoms with E-state index in [4.69, 9.17) is 0 Å². The maximum Gasteiger partial charge on any atom is 0.416 e. The second-order valence-corrected chi connectivity index (χ2v) is 5.01. The molecule has 0 aliphatic rings. The monoisotopic (exact) mass is 304 g/mol. The molecule has 0 unspecified atom stereocenters. The van der Waals surface area contributed by atoms with Crippen molar-refractivity contribution in [3.8, 4) is 11.4 Å². The molecule has 3 aromatic rings. The van der Waals surface area contributed by atoms with Gasteiger partial charge in [0.1, 0.15) is 5.82 Å². The topological polar surface area (TPSA) is 45.8 Å². The van der Waals surface area contributed by atoms with Crippen LogP contribution >= 0.6 is 0 Å². The minimum Gasteiger partial charge on any atom is -0.306 e. The number of nitrogens with one attached hydrogen (secondary N) is 1. The van der Waals surface area contributed by atoms with Gasteiger partial charge in [0.15, 0.2) is 0 Å². The van der Waals surface area contributed by atoms with Gasteiger partial charge in [0.05, 0.1) is 16.5 Å². The minimum atomic E-state index is -4.44. The average molecular weight is 304 g/mol. The van der Waals surface area contributed by atoms with Crippen LogP contribution in [0.4, 0.5) is 13.2 Å². The van der Waals surface area contributed by atoms with E-state index in [1.807, 2.05) is 6.92 Å². The Bertz CT molecular complexity index is 913. The van der Waals surface area contributed by atoms with E-state index in [2.05, 4.69) is 9.97 Å². The second kappa shape index (κ2) is 4.98. The van der Waals surface area contributed by atoms with Crippen molar-refractivity contribution in [2.45, 2.75) is 13.1 Å². The number of alkyl halides is 3. The van der Waals surface area contributed by atoms with Gasteiger partial charge in [0.25, 0.3) is 5.56 Å². The van der Waals surface area contributed by atoms with Crippen LogP contribution in [0.25, 0.3) is 22.3 Å². The molecule has 1 heterocycles. The van der Waals surface area contributed by atoms with Crippen molar-refractivity contribution in [1.29, 1.82) is 0 Å². The Kier molecular flexibility index (Phi) is 3.24. The first-order valence-electron chi connectivity index (χ1n) is 6.53. The molecule has 3 rings (SSSR count). The lowest BCUT2D eigenvalue weighted by atomic mass is 10.1. The van der Waals surface area contributed by atoms with Crippen LogP contribution in [0.5, 0.6) is 0 Å². The zero-order chi connectivity index (χ0) is 15.9. The van der Waals surface area contributed by atoms with E-state index in [0.717, 1.165) is 17.7 Å². The quantitative estimate of drug-likeness (QED) is 0.740. The van der Waals surface area contributed by atoms with E-state index in [9.17, 15) is 18.0 Å². The number of aryl methyl sites for hydroxylation is 1. The molecule has 3 nitrogen and oxygen atoms in total. The molecule has 0 atom stereocenters. The van der Waals surface area contributed by atoms with Gasteiger partial charge in [-0.2, -0.15) is 13.2 Å². The molecule has 0 aliphatic heterocycles. The summed E-state index contributed by atoms with van der Waals surface area (Å²) in [5.41, 5.74) is 0.432. The molecule has 0 spiro atoms. The number of fused-ring (bicyclic) bond motifs is 1. The molecule has 112 valence electrons. The molecule has 0 aliphatic carbocycles. The Morgan fingerprint density at radius 1 is 1.09 bits per heavy atom. The Hall–Kier alpha value is -2.63. The highest BCUT2D eigenvalue weighted by atomic mass is 19.4. The summed E-state index contributed by atoms with van der Waals surface area (Å²) >= 11 is 0. The normalized spacial score (nSPS) is 11.8. The number of hydrogen-bond donors (Lipinski definition) is 1. The van der Waals surface area contributed by atoms with E-state index < -0.39 is 11.7 Å². The van der Waals surface area contributed by atoms with E-state index in [1.165, 1.54) is 12.1 Å². The van der Waals surface area contributed by atoms with Crippen molar-refractivity contribution in [3.05, 3.63) is 63.9 Å². The highest BCUT2D eigenvalue weighted by Gasteiger charge is 2.30. The van der Waals surface area contributed by atoms with Crippen LogP contribution in [0.3, 0.4) is 0 Å². The van der Waals surface area contributed by atoms with Crippen molar-refractivity contribution in [3.63, 3.8) is 0 Å². The molecule has 0 amide bonds. The Morgan fingerprint density at radius 3 is 2.59 bits per heavy atom.